The predicted molar refractivity (Wildman–Crippen MR) is 155 cm³/mol. The highest BCUT2D eigenvalue weighted by molar-refractivity contribution is 6.33. The number of benzene rings is 3. The van der Waals surface area contributed by atoms with Crippen molar-refractivity contribution in [2.75, 3.05) is 26.2 Å². The molecule has 2 amide bonds. The minimum atomic E-state index is -0.669. The van der Waals surface area contributed by atoms with Crippen molar-refractivity contribution in [3.8, 4) is 0 Å². The van der Waals surface area contributed by atoms with E-state index >= 15 is 0 Å². The van der Waals surface area contributed by atoms with Crippen molar-refractivity contribution in [1.29, 1.82) is 0 Å². The zero-order valence-electron chi connectivity index (χ0n) is 23.3. The number of fused-ring (bicyclic) bond motifs is 1. The van der Waals surface area contributed by atoms with Gasteiger partial charge in [0.1, 0.15) is 17.5 Å². The van der Waals surface area contributed by atoms with E-state index in [-0.39, 0.29) is 28.0 Å². The number of carbonyl (C=O) groups excluding carboxylic acids is 2. The number of hydrogen-bond acceptors (Lipinski definition) is 3. The minimum Gasteiger partial charge on any atom is -0.345 e. The molecule has 220 valence electrons. The third-order valence-corrected chi connectivity index (χ3v) is 9.72. The monoisotopic (exact) mass is 595 g/mol. The molecule has 0 saturated carbocycles. The van der Waals surface area contributed by atoms with Crippen LogP contribution in [0.4, 0.5) is 13.2 Å². The molecule has 0 radical (unpaired) electrons. The van der Waals surface area contributed by atoms with Crippen molar-refractivity contribution in [3.05, 3.63) is 105 Å². The smallest absolute Gasteiger partial charge is 0.256 e. The van der Waals surface area contributed by atoms with Gasteiger partial charge in [-0.2, -0.15) is 0 Å². The van der Waals surface area contributed by atoms with Crippen molar-refractivity contribution in [1.82, 2.24) is 15.1 Å². The standard InChI is InChI=1S/C33H33ClF3N3O2/c34-26-2-1-3-27(36)30(26)31(41)38-29-9-7-21-4-5-22(18-25(21)29)32(42)40-16-12-33(13-17-40)10-14-39(15-11-33)20-23-6-8-24(35)19-28(23)37/h1-6,8,18-19,29H,7,9-17,20H2,(H,38,41). The number of amides is 2. The summed E-state index contributed by atoms with van der Waals surface area (Å²) >= 11 is 6.09. The van der Waals surface area contributed by atoms with Crippen LogP contribution in [0.3, 0.4) is 0 Å². The first kappa shape index (κ1) is 28.7. The number of likely N-dealkylation sites (tertiary alicyclic amines) is 2. The minimum absolute atomic E-state index is 0.0222. The number of nitrogens with zero attached hydrogens (tertiary/aromatic N) is 2. The van der Waals surface area contributed by atoms with E-state index < -0.39 is 23.4 Å². The molecular weight excluding hydrogens is 563 g/mol. The molecule has 0 aromatic heterocycles. The Hall–Kier alpha value is -3.36. The van der Waals surface area contributed by atoms with Gasteiger partial charge in [-0.25, -0.2) is 13.2 Å². The Bertz CT molecular complexity index is 1490. The zero-order chi connectivity index (χ0) is 29.4. The normalized spacial score (nSPS) is 20.0. The predicted octanol–water partition coefficient (Wildman–Crippen LogP) is 6.69. The molecule has 3 aliphatic rings. The van der Waals surface area contributed by atoms with Crippen molar-refractivity contribution in [2.45, 2.75) is 51.1 Å². The lowest BCUT2D eigenvalue weighted by Gasteiger charge is -2.47. The van der Waals surface area contributed by atoms with E-state index in [4.69, 9.17) is 11.6 Å². The number of aryl methyl sites for hydroxylation is 1. The van der Waals surface area contributed by atoms with E-state index in [1.54, 1.807) is 0 Å². The summed E-state index contributed by atoms with van der Waals surface area (Å²) in [5, 5.41) is 2.97. The molecule has 6 rings (SSSR count). The summed E-state index contributed by atoms with van der Waals surface area (Å²) in [4.78, 5) is 30.5. The number of carbonyl (C=O) groups is 2. The number of rotatable bonds is 5. The summed E-state index contributed by atoms with van der Waals surface area (Å²) in [7, 11) is 0. The van der Waals surface area contributed by atoms with E-state index in [9.17, 15) is 22.8 Å². The number of piperidine rings is 2. The lowest BCUT2D eigenvalue weighted by atomic mass is 9.71. The highest BCUT2D eigenvalue weighted by atomic mass is 35.5. The Morgan fingerprint density at radius 3 is 2.36 bits per heavy atom. The molecule has 3 aromatic carbocycles. The molecule has 1 unspecified atom stereocenters. The van der Waals surface area contributed by atoms with Gasteiger partial charge in [-0.1, -0.05) is 29.8 Å². The molecule has 1 spiro atoms. The van der Waals surface area contributed by atoms with Crippen LogP contribution in [0, 0.1) is 22.9 Å². The van der Waals surface area contributed by atoms with Gasteiger partial charge in [-0.05, 0) is 98.5 Å². The molecule has 1 aliphatic carbocycles. The van der Waals surface area contributed by atoms with Crippen LogP contribution in [-0.2, 0) is 13.0 Å². The van der Waals surface area contributed by atoms with Gasteiger partial charge < -0.3 is 10.2 Å². The summed E-state index contributed by atoms with van der Waals surface area (Å²) in [6, 6.07) is 13.3. The van der Waals surface area contributed by atoms with Crippen LogP contribution in [0.2, 0.25) is 5.02 Å². The van der Waals surface area contributed by atoms with Gasteiger partial charge in [-0.3, -0.25) is 14.5 Å². The van der Waals surface area contributed by atoms with E-state index in [2.05, 4.69) is 10.2 Å². The van der Waals surface area contributed by atoms with E-state index in [0.29, 0.717) is 37.2 Å². The Morgan fingerprint density at radius 2 is 1.64 bits per heavy atom. The molecule has 2 fully saturated rings. The van der Waals surface area contributed by atoms with Crippen LogP contribution >= 0.6 is 11.6 Å². The summed E-state index contributed by atoms with van der Waals surface area (Å²) in [5.74, 6) is -2.32. The third-order valence-electron chi connectivity index (χ3n) is 9.40. The molecule has 3 aromatic rings. The average Bonchev–Trinajstić information content (AvgIpc) is 3.37. The number of halogens is 4. The van der Waals surface area contributed by atoms with Crippen LogP contribution in [0.5, 0.6) is 0 Å². The summed E-state index contributed by atoms with van der Waals surface area (Å²) < 4.78 is 41.7. The first-order chi connectivity index (χ1) is 20.2. The van der Waals surface area contributed by atoms with Gasteiger partial charge in [0, 0.05) is 36.8 Å². The fraction of sp³-hybridized carbons (Fsp3) is 0.394. The Kier molecular flexibility index (Phi) is 8.03. The second-order valence-corrected chi connectivity index (χ2v) is 12.3. The summed E-state index contributed by atoms with van der Waals surface area (Å²) in [5.41, 5.74) is 3.07. The molecule has 1 N–H and O–H groups in total. The topological polar surface area (TPSA) is 52.7 Å². The molecular formula is C33H33ClF3N3O2. The fourth-order valence-corrected chi connectivity index (χ4v) is 7.02. The lowest BCUT2D eigenvalue weighted by molar-refractivity contribution is 0.0283. The largest absolute Gasteiger partial charge is 0.345 e. The molecule has 1 atom stereocenters. The maximum atomic E-state index is 14.3. The van der Waals surface area contributed by atoms with Gasteiger partial charge >= 0.3 is 0 Å². The average molecular weight is 596 g/mol. The van der Waals surface area contributed by atoms with Crippen LogP contribution < -0.4 is 5.32 Å². The highest BCUT2D eigenvalue weighted by Crippen LogP contribution is 2.42. The number of nitrogens with one attached hydrogen (secondary N) is 1. The lowest BCUT2D eigenvalue weighted by Crippen LogP contribution is -2.48. The quantitative estimate of drug-likeness (QED) is 0.357. The summed E-state index contributed by atoms with van der Waals surface area (Å²) in [6.07, 6.45) is 5.25. The molecule has 0 bridgehead atoms. The second kappa shape index (κ2) is 11.7. The first-order valence-electron chi connectivity index (χ1n) is 14.5. The van der Waals surface area contributed by atoms with Crippen molar-refractivity contribution < 1.29 is 22.8 Å². The second-order valence-electron chi connectivity index (χ2n) is 11.9. The molecule has 9 heteroatoms. The molecule has 2 aliphatic heterocycles. The maximum Gasteiger partial charge on any atom is 0.256 e. The first-order valence-corrected chi connectivity index (χ1v) is 14.9. The maximum absolute atomic E-state index is 14.3. The highest BCUT2D eigenvalue weighted by Gasteiger charge is 2.39. The third kappa shape index (κ3) is 5.79. The molecule has 2 saturated heterocycles. The van der Waals surface area contributed by atoms with Crippen molar-refractivity contribution in [3.63, 3.8) is 0 Å². The van der Waals surface area contributed by atoms with Gasteiger partial charge in [-0.15, -0.1) is 0 Å². The van der Waals surface area contributed by atoms with Crippen molar-refractivity contribution >= 4 is 23.4 Å². The Balaban J connectivity index is 1.05. The van der Waals surface area contributed by atoms with Crippen LogP contribution in [0.15, 0.2) is 54.6 Å². The molecule has 5 nitrogen and oxygen atoms in total. The fourth-order valence-electron chi connectivity index (χ4n) is 6.77. The van der Waals surface area contributed by atoms with E-state index in [0.717, 1.165) is 62.4 Å². The number of hydrogen-bond donors (Lipinski definition) is 1. The van der Waals surface area contributed by atoms with E-state index in [1.807, 2.05) is 23.1 Å². The van der Waals surface area contributed by atoms with Crippen molar-refractivity contribution in [2.24, 2.45) is 5.41 Å². The van der Waals surface area contributed by atoms with E-state index in [1.165, 1.54) is 30.3 Å². The Morgan fingerprint density at radius 1 is 0.905 bits per heavy atom. The zero-order valence-corrected chi connectivity index (χ0v) is 24.0. The van der Waals surface area contributed by atoms with Crippen LogP contribution in [0.25, 0.3) is 0 Å². The molecule has 42 heavy (non-hydrogen) atoms. The van der Waals surface area contributed by atoms with Crippen LogP contribution in [-0.4, -0.2) is 47.8 Å². The van der Waals surface area contributed by atoms with Crippen LogP contribution in [0.1, 0.15) is 75.6 Å². The van der Waals surface area contributed by atoms with Gasteiger partial charge in [0.15, 0.2) is 0 Å². The van der Waals surface area contributed by atoms with Gasteiger partial charge in [0.25, 0.3) is 11.8 Å². The van der Waals surface area contributed by atoms with Gasteiger partial charge in [0.2, 0.25) is 0 Å². The summed E-state index contributed by atoms with van der Waals surface area (Å²) in [6.45, 7) is 3.52. The SMILES string of the molecule is O=C(NC1CCc2ccc(C(=O)N3CCC4(CCN(Cc5ccc(F)cc5F)CC4)CC3)cc21)c1c(F)cccc1Cl. The molecule has 2 heterocycles. The van der Waals surface area contributed by atoms with Gasteiger partial charge in [0.05, 0.1) is 16.6 Å². The Labute approximate surface area is 248 Å².